The van der Waals surface area contributed by atoms with Crippen LogP contribution in [0.15, 0.2) is 41.0 Å². The number of nitriles is 1. The second kappa shape index (κ2) is 5.19. The van der Waals surface area contributed by atoms with Crippen molar-refractivity contribution in [1.29, 1.82) is 5.26 Å². The molecule has 1 aromatic heterocycles. The van der Waals surface area contributed by atoms with Crippen LogP contribution < -0.4 is 4.90 Å². The number of hydrogen-bond donors (Lipinski definition) is 0. The fraction of sp³-hybridized carbons (Fsp3) is 0.143. The van der Waals surface area contributed by atoms with Gasteiger partial charge in [-0.3, -0.25) is 0 Å². The predicted octanol–water partition coefficient (Wildman–Crippen LogP) is 3.79. The Hall–Kier alpha value is -1.86. The molecule has 0 spiro atoms. The Morgan fingerprint density at radius 2 is 2.06 bits per heavy atom. The van der Waals surface area contributed by atoms with Crippen molar-refractivity contribution in [3.63, 3.8) is 0 Å². The van der Waals surface area contributed by atoms with Gasteiger partial charge in [-0.25, -0.2) is 4.98 Å². The molecule has 0 unspecified atom stereocenters. The molecule has 0 amide bonds. The number of nitrogens with zero attached hydrogens (tertiary/aromatic N) is 3. The maximum absolute atomic E-state index is 9.12. The van der Waals surface area contributed by atoms with Crippen molar-refractivity contribution in [2.24, 2.45) is 0 Å². The van der Waals surface area contributed by atoms with Gasteiger partial charge >= 0.3 is 0 Å². The lowest BCUT2D eigenvalue weighted by Crippen LogP contribution is -2.13. The fourth-order valence-corrected chi connectivity index (χ4v) is 2.30. The van der Waals surface area contributed by atoms with Crippen LogP contribution in [0.3, 0.4) is 0 Å². The Labute approximate surface area is 115 Å². The van der Waals surface area contributed by atoms with E-state index in [-0.39, 0.29) is 0 Å². The molecular formula is C14H12BrN3. The molecule has 0 N–H and O–H groups in total. The molecule has 4 heteroatoms. The van der Waals surface area contributed by atoms with Crippen LogP contribution in [0.4, 0.5) is 11.5 Å². The normalized spacial score (nSPS) is 9.89. The van der Waals surface area contributed by atoms with Gasteiger partial charge in [-0.05, 0) is 46.6 Å². The molecule has 90 valence electrons. The first-order valence-electron chi connectivity index (χ1n) is 5.48. The monoisotopic (exact) mass is 301 g/mol. The summed E-state index contributed by atoms with van der Waals surface area (Å²) in [6, 6.07) is 11.7. The minimum Gasteiger partial charge on any atom is -0.328 e. The number of para-hydroxylation sites is 1. The molecule has 0 aliphatic rings. The van der Waals surface area contributed by atoms with Gasteiger partial charge in [-0.1, -0.05) is 12.1 Å². The smallest absolute Gasteiger partial charge is 0.135 e. The Balaban J connectivity index is 2.48. The largest absolute Gasteiger partial charge is 0.328 e. The van der Waals surface area contributed by atoms with Crippen molar-refractivity contribution in [2.75, 3.05) is 11.9 Å². The summed E-state index contributed by atoms with van der Waals surface area (Å²) in [4.78, 5) is 6.33. The van der Waals surface area contributed by atoms with E-state index in [4.69, 9.17) is 5.26 Å². The van der Waals surface area contributed by atoms with Crippen molar-refractivity contribution in [3.05, 3.63) is 52.1 Å². The minimum absolute atomic E-state index is 0.643. The molecule has 0 saturated heterocycles. The van der Waals surface area contributed by atoms with Gasteiger partial charge in [0.05, 0.1) is 11.3 Å². The van der Waals surface area contributed by atoms with Crippen LogP contribution in [0.2, 0.25) is 0 Å². The first-order chi connectivity index (χ1) is 8.63. The summed E-state index contributed by atoms with van der Waals surface area (Å²) < 4.78 is 0.950. The molecule has 0 aliphatic carbocycles. The number of rotatable bonds is 2. The van der Waals surface area contributed by atoms with Gasteiger partial charge in [0, 0.05) is 17.7 Å². The maximum atomic E-state index is 9.12. The van der Waals surface area contributed by atoms with Gasteiger partial charge in [0.1, 0.15) is 11.9 Å². The summed E-state index contributed by atoms with van der Waals surface area (Å²) in [5, 5.41) is 9.12. The molecule has 0 radical (unpaired) electrons. The summed E-state index contributed by atoms with van der Waals surface area (Å²) in [6.45, 7) is 2.00. The first kappa shape index (κ1) is 12.6. The third kappa shape index (κ3) is 2.36. The zero-order valence-corrected chi connectivity index (χ0v) is 11.8. The standard InChI is InChI=1S/C14H12BrN3/c1-10-7-12(15)9-17-14(10)18(2)13-6-4-3-5-11(13)8-16/h3-7,9H,1-2H3. The zero-order chi connectivity index (χ0) is 13.1. The number of pyridine rings is 1. The average molecular weight is 302 g/mol. The molecule has 0 fully saturated rings. The SMILES string of the molecule is Cc1cc(Br)cnc1N(C)c1ccccc1C#N. The van der Waals surface area contributed by atoms with E-state index < -0.39 is 0 Å². The van der Waals surface area contributed by atoms with Crippen LogP contribution in [0.25, 0.3) is 0 Å². The summed E-state index contributed by atoms with van der Waals surface area (Å²) in [6.07, 6.45) is 1.76. The lowest BCUT2D eigenvalue weighted by molar-refractivity contribution is 1.09. The van der Waals surface area contributed by atoms with Crippen molar-refractivity contribution in [2.45, 2.75) is 6.92 Å². The average Bonchev–Trinajstić information content (AvgIpc) is 2.38. The topological polar surface area (TPSA) is 39.9 Å². The maximum Gasteiger partial charge on any atom is 0.135 e. The van der Waals surface area contributed by atoms with E-state index in [9.17, 15) is 0 Å². The minimum atomic E-state index is 0.643. The van der Waals surface area contributed by atoms with E-state index in [1.165, 1.54) is 0 Å². The van der Waals surface area contributed by atoms with Crippen LogP contribution >= 0.6 is 15.9 Å². The molecule has 0 saturated carbocycles. The second-order valence-electron chi connectivity index (χ2n) is 3.98. The quantitative estimate of drug-likeness (QED) is 0.847. The Morgan fingerprint density at radius 3 is 2.72 bits per heavy atom. The number of aryl methyl sites for hydroxylation is 1. The molecule has 18 heavy (non-hydrogen) atoms. The Bertz CT molecular complexity index is 617. The third-order valence-electron chi connectivity index (χ3n) is 2.72. The van der Waals surface area contributed by atoms with Gasteiger partial charge < -0.3 is 4.90 Å². The van der Waals surface area contributed by atoms with Gasteiger partial charge in [-0.2, -0.15) is 5.26 Å². The van der Waals surface area contributed by atoms with Crippen LogP contribution in [0.1, 0.15) is 11.1 Å². The number of halogens is 1. The fourth-order valence-electron chi connectivity index (χ4n) is 1.86. The van der Waals surface area contributed by atoms with Crippen molar-refractivity contribution in [3.8, 4) is 6.07 Å². The highest BCUT2D eigenvalue weighted by atomic mass is 79.9. The third-order valence-corrected chi connectivity index (χ3v) is 3.15. The van der Waals surface area contributed by atoms with E-state index in [2.05, 4.69) is 27.0 Å². The highest BCUT2D eigenvalue weighted by Crippen LogP contribution is 2.28. The molecule has 1 heterocycles. The van der Waals surface area contributed by atoms with Crippen molar-refractivity contribution >= 4 is 27.4 Å². The summed E-state index contributed by atoms with van der Waals surface area (Å²) in [5.74, 6) is 0.848. The summed E-state index contributed by atoms with van der Waals surface area (Å²) in [7, 11) is 1.92. The van der Waals surface area contributed by atoms with Crippen LogP contribution in [0, 0.1) is 18.3 Å². The number of anilines is 2. The molecule has 0 aliphatic heterocycles. The lowest BCUT2D eigenvalue weighted by Gasteiger charge is -2.21. The number of benzene rings is 1. The molecular weight excluding hydrogens is 290 g/mol. The van der Waals surface area contributed by atoms with E-state index in [0.29, 0.717) is 5.56 Å². The van der Waals surface area contributed by atoms with Crippen LogP contribution in [-0.4, -0.2) is 12.0 Å². The molecule has 1 aromatic carbocycles. The first-order valence-corrected chi connectivity index (χ1v) is 6.28. The van der Waals surface area contributed by atoms with Crippen molar-refractivity contribution in [1.82, 2.24) is 4.98 Å². The predicted molar refractivity (Wildman–Crippen MR) is 75.9 cm³/mol. The number of aromatic nitrogens is 1. The van der Waals surface area contributed by atoms with E-state index in [1.54, 1.807) is 12.3 Å². The van der Waals surface area contributed by atoms with Gasteiger partial charge in [-0.15, -0.1) is 0 Å². The molecule has 2 aromatic rings. The van der Waals surface area contributed by atoms with Gasteiger partial charge in [0.25, 0.3) is 0 Å². The van der Waals surface area contributed by atoms with Crippen molar-refractivity contribution < 1.29 is 0 Å². The molecule has 0 bridgehead atoms. The second-order valence-corrected chi connectivity index (χ2v) is 4.90. The Morgan fingerprint density at radius 1 is 1.33 bits per heavy atom. The van der Waals surface area contributed by atoms with Crippen LogP contribution in [0.5, 0.6) is 0 Å². The van der Waals surface area contributed by atoms with Gasteiger partial charge in [0.2, 0.25) is 0 Å². The summed E-state index contributed by atoms with van der Waals surface area (Å²) >= 11 is 3.40. The number of hydrogen-bond acceptors (Lipinski definition) is 3. The molecule has 3 nitrogen and oxygen atoms in total. The molecule has 2 rings (SSSR count). The van der Waals surface area contributed by atoms with Crippen LogP contribution in [-0.2, 0) is 0 Å². The molecule has 0 atom stereocenters. The highest BCUT2D eigenvalue weighted by molar-refractivity contribution is 9.10. The van der Waals surface area contributed by atoms with E-state index >= 15 is 0 Å². The lowest BCUT2D eigenvalue weighted by atomic mass is 10.1. The zero-order valence-electron chi connectivity index (χ0n) is 10.2. The summed E-state index contributed by atoms with van der Waals surface area (Å²) in [5.41, 5.74) is 2.56. The Kier molecular flexibility index (Phi) is 3.63. The van der Waals surface area contributed by atoms with E-state index in [0.717, 1.165) is 21.5 Å². The highest BCUT2D eigenvalue weighted by Gasteiger charge is 2.12. The van der Waals surface area contributed by atoms with Gasteiger partial charge in [0.15, 0.2) is 0 Å². The van der Waals surface area contributed by atoms with E-state index in [1.807, 2.05) is 43.1 Å².